The minimum atomic E-state index is -0.933. The van der Waals surface area contributed by atoms with E-state index in [4.69, 9.17) is 4.74 Å². The second-order valence-electron chi connectivity index (χ2n) is 11.1. The van der Waals surface area contributed by atoms with Crippen LogP contribution < -0.4 is 5.32 Å². The van der Waals surface area contributed by atoms with E-state index in [1.165, 1.54) is 12.1 Å². The Kier molecular flexibility index (Phi) is 6.41. The number of aryl methyl sites for hydroxylation is 1. The van der Waals surface area contributed by atoms with Gasteiger partial charge < -0.3 is 24.4 Å². The lowest BCUT2D eigenvalue weighted by atomic mass is 10.1. The lowest BCUT2D eigenvalue weighted by Gasteiger charge is -2.37. The highest BCUT2D eigenvalue weighted by atomic mass is 19.1. The van der Waals surface area contributed by atoms with E-state index in [2.05, 4.69) is 5.32 Å². The predicted octanol–water partition coefficient (Wildman–Crippen LogP) is 4.42. The van der Waals surface area contributed by atoms with E-state index < -0.39 is 29.0 Å². The minimum absolute atomic E-state index is 0.00731. The van der Waals surface area contributed by atoms with Crippen LogP contribution in [0.25, 0.3) is 16.6 Å². The number of carbonyl (C=O) groups is 3. The number of aromatic nitrogens is 1. The average molecular weight is 521 g/mol. The highest BCUT2D eigenvalue weighted by Gasteiger charge is 2.54. The van der Waals surface area contributed by atoms with Crippen LogP contribution in [0.5, 0.6) is 0 Å². The maximum Gasteiger partial charge on any atom is 0.408 e. The molecule has 2 aliphatic rings. The molecule has 1 saturated heterocycles. The molecule has 3 amide bonds. The van der Waals surface area contributed by atoms with E-state index in [9.17, 15) is 14.4 Å². The average Bonchev–Trinajstić information content (AvgIpc) is 3.55. The number of nitrogens with one attached hydrogen (secondary N) is 1. The topological polar surface area (TPSA) is 83.9 Å². The summed E-state index contributed by atoms with van der Waals surface area (Å²) in [5.41, 5.74) is 1.01. The Morgan fingerprint density at radius 2 is 1.61 bits per heavy atom. The van der Waals surface area contributed by atoms with Gasteiger partial charge in [-0.1, -0.05) is 18.2 Å². The molecule has 2 fully saturated rings. The number of para-hydroxylation sites is 1. The zero-order chi connectivity index (χ0) is 27.2. The fraction of sp³-hybridized carbons (Fsp3) is 0.414. The van der Waals surface area contributed by atoms with Crippen LogP contribution in [0.15, 0.2) is 48.5 Å². The number of nitrogens with zero attached hydrogens (tertiary/aromatic N) is 3. The first kappa shape index (κ1) is 25.8. The first-order valence-corrected chi connectivity index (χ1v) is 12.9. The molecular formula is C29H33FN4O4. The van der Waals surface area contributed by atoms with Crippen LogP contribution in [0, 0.1) is 12.7 Å². The van der Waals surface area contributed by atoms with Crippen LogP contribution in [-0.4, -0.2) is 69.6 Å². The molecule has 1 N–H and O–H groups in total. The molecule has 8 nitrogen and oxygen atoms in total. The molecule has 1 aromatic heterocycles. The van der Waals surface area contributed by atoms with Gasteiger partial charge in [-0.15, -0.1) is 0 Å². The summed E-state index contributed by atoms with van der Waals surface area (Å²) in [6, 6.07) is 14.6. The number of piperazine rings is 1. The number of amides is 3. The van der Waals surface area contributed by atoms with Gasteiger partial charge >= 0.3 is 6.09 Å². The number of rotatable bonds is 4. The molecule has 1 saturated carbocycles. The summed E-state index contributed by atoms with van der Waals surface area (Å²) in [5, 5.41) is 3.80. The van der Waals surface area contributed by atoms with Crippen LogP contribution in [0.4, 0.5) is 9.18 Å². The van der Waals surface area contributed by atoms with Crippen molar-refractivity contribution in [2.24, 2.45) is 0 Å². The van der Waals surface area contributed by atoms with Crippen molar-refractivity contribution in [3.05, 3.63) is 65.6 Å². The molecule has 9 heteroatoms. The van der Waals surface area contributed by atoms with Crippen molar-refractivity contribution in [3.63, 3.8) is 0 Å². The standard InChI is InChI=1S/C29H33FN4O4/c1-19-17-20-7-5-6-8-24(20)34(19)21-9-10-22(23(30)18-21)25(35)32-13-15-33(16-14-32)26(36)29(11-12-29)31-27(37)38-28(2,3)4/h5-10,17-18H,11-16H2,1-4H3,(H,31,37). The monoisotopic (exact) mass is 520 g/mol. The van der Waals surface area contributed by atoms with Gasteiger partial charge in [0.1, 0.15) is 17.0 Å². The number of benzene rings is 2. The summed E-state index contributed by atoms with van der Waals surface area (Å²) in [6.07, 6.45) is 0.495. The van der Waals surface area contributed by atoms with Crippen LogP contribution in [0.2, 0.25) is 0 Å². The third-order valence-electron chi connectivity index (χ3n) is 7.09. The molecule has 1 aliphatic heterocycles. The molecule has 2 heterocycles. The summed E-state index contributed by atoms with van der Waals surface area (Å²) in [5.74, 6) is -1.15. The summed E-state index contributed by atoms with van der Waals surface area (Å²) in [6.45, 7) is 8.48. The number of fused-ring (bicyclic) bond motifs is 1. The maximum atomic E-state index is 15.2. The van der Waals surface area contributed by atoms with Gasteiger partial charge in [-0.25, -0.2) is 9.18 Å². The van der Waals surface area contributed by atoms with E-state index >= 15 is 4.39 Å². The molecule has 3 aromatic rings. The van der Waals surface area contributed by atoms with Crippen LogP contribution >= 0.6 is 0 Å². The van der Waals surface area contributed by atoms with Gasteiger partial charge in [0.05, 0.1) is 11.1 Å². The summed E-state index contributed by atoms with van der Waals surface area (Å²) < 4.78 is 22.5. The smallest absolute Gasteiger partial charge is 0.408 e. The van der Waals surface area contributed by atoms with Crippen LogP contribution in [-0.2, 0) is 9.53 Å². The second-order valence-corrected chi connectivity index (χ2v) is 11.1. The van der Waals surface area contributed by atoms with Crippen molar-refractivity contribution in [2.75, 3.05) is 26.2 Å². The molecule has 1 aliphatic carbocycles. The van der Waals surface area contributed by atoms with E-state index in [1.807, 2.05) is 41.8 Å². The van der Waals surface area contributed by atoms with Gasteiger partial charge in [0.15, 0.2) is 0 Å². The molecule has 5 rings (SSSR count). The zero-order valence-corrected chi connectivity index (χ0v) is 22.2. The highest BCUT2D eigenvalue weighted by molar-refractivity contribution is 5.96. The normalized spacial score (nSPS) is 16.9. The van der Waals surface area contributed by atoms with Gasteiger partial charge in [-0.3, -0.25) is 9.59 Å². The number of alkyl carbamates (subject to hydrolysis) is 1. The Morgan fingerprint density at radius 1 is 0.947 bits per heavy atom. The Labute approximate surface area is 221 Å². The fourth-order valence-electron chi connectivity index (χ4n) is 5.05. The Hall–Kier alpha value is -3.88. The maximum absolute atomic E-state index is 15.2. The van der Waals surface area contributed by atoms with Gasteiger partial charge in [-0.05, 0) is 70.9 Å². The van der Waals surface area contributed by atoms with Crippen molar-refractivity contribution < 1.29 is 23.5 Å². The van der Waals surface area contributed by atoms with Crippen molar-refractivity contribution >= 4 is 28.8 Å². The number of halogens is 1. The molecule has 0 unspecified atom stereocenters. The lowest BCUT2D eigenvalue weighted by Crippen LogP contribution is -2.57. The van der Waals surface area contributed by atoms with Gasteiger partial charge in [0.25, 0.3) is 5.91 Å². The number of ether oxygens (including phenoxy) is 1. The molecule has 38 heavy (non-hydrogen) atoms. The third kappa shape index (κ3) is 4.97. The number of carbonyl (C=O) groups excluding carboxylic acids is 3. The predicted molar refractivity (Wildman–Crippen MR) is 142 cm³/mol. The Balaban J connectivity index is 1.23. The van der Waals surface area contributed by atoms with E-state index in [1.54, 1.807) is 36.6 Å². The van der Waals surface area contributed by atoms with Crippen molar-refractivity contribution in [2.45, 2.75) is 51.7 Å². The summed E-state index contributed by atoms with van der Waals surface area (Å²) >= 11 is 0. The van der Waals surface area contributed by atoms with E-state index in [0.29, 0.717) is 31.6 Å². The quantitative estimate of drug-likeness (QED) is 0.552. The van der Waals surface area contributed by atoms with Gasteiger partial charge in [0.2, 0.25) is 5.91 Å². The fourth-order valence-corrected chi connectivity index (χ4v) is 5.05. The minimum Gasteiger partial charge on any atom is -0.444 e. The molecule has 2 aromatic carbocycles. The highest BCUT2D eigenvalue weighted by Crippen LogP contribution is 2.38. The van der Waals surface area contributed by atoms with Crippen molar-refractivity contribution in [1.29, 1.82) is 0 Å². The number of hydrogen-bond donors (Lipinski definition) is 1. The molecular weight excluding hydrogens is 487 g/mol. The SMILES string of the molecule is Cc1cc2ccccc2n1-c1ccc(C(=O)N2CCN(C(=O)C3(NC(=O)OC(C)(C)C)CC3)CC2)c(F)c1. The molecule has 0 spiro atoms. The summed E-state index contributed by atoms with van der Waals surface area (Å²) in [7, 11) is 0. The van der Waals surface area contributed by atoms with Crippen molar-refractivity contribution in [1.82, 2.24) is 19.7 Å². The Morgan fingerprint density at radius 3 is 2.24 bits per heavy atom. The van der Waals surface area contributed by atoms with E-state index in [0.717, 1.165) is 16.6 Å². The van der Waals surface area contributed by atoms with Crippen LogP contribution in [0.1, 0.15) is 49.7 Å². The Bertz CT molecular complexity index is 1410. The first-order chi connectivity index (χ1) is 18.0. The van der Waals surface area contributed by atoms with Gasteiger partial charge in [-0.2, -0.15) is 0 Å². The molecule has 200 valence electrons. The third-order valence-corrected chi connectivity index (χ3v) is 7.09. The summed E-state index contributed by atoms with van der Waals surface area (Å²) in [4.78, 5) is 41.8. The molecule has 0 radical (unpaired) electrons. The second kappa shape index (κ2) is 9.45. The lowest BCUT2D eigenvalue weighted by molar-refractivity contribution is -0.136. The molecule has 0 atom stereocenters. The zero-order valence-electron chi connectivity index (χ0n) is 22.2. The largest absolute Gasteiger partial charge is 0.444 e. The van der Waals surface area contributed by atoms with E-state index in [-0.39, 0.29) is 24.6 Å². The van der Waals surface area contributed by atoms with Crippen molar-refractivity contribution in [3.8, 4) is 5.69 Å². The van der Waals surface area contributed by atoms with Crippen LogP contribution in [0.3, 0.4) is 0 Å². The first-order valence-electron chi connectivity index (χ1n) is 12.9. The molecule has 0 bridgehead atoms. The number of hydrogen-bond acceptors (Lipinski definition) is 4. The van der Waals surface area contributed by atoms with Gasteiger partial charge in [0, 0.05) is 42.9 Å².